The van der Waals surface area contributed by atoms with Gasteiger partial charge in [-0.1, -0.05) is 30.3 Å². The van der Waals surface area contributed by atoms with Crippen LogP contribution in [0.2, 0.25) is 0 Å². The normalized spacial score (nSPS) is 9.60. The molecule has 1 aromatic rings. The van der Waals surface area contributed by atoms with Gasteiger partial charge in [-0.3, -0.25) is 0 Å². The van der Waals surface area contributed by atoms with Gasteiger partial charge in [0, 0.05) is 12.3 Å². The maximum absolute atomic E-state index is 11.0. The molecule has 15 heavy (non-hydrogen) atoms. The second-order valence-corrected chi connectivity index (χ2v) is 2.63. The van der Waals surface area contributed by atoms with E-state index in [1.54, 1.807) is 0 Å². The van der Waals surface area contributed by atoms with E-state index in [0.717, 1.165) is 17.8 Å². The molecule has 0 aromatic heterocycles. The van der Waals surface area contributed by atoms with Crippen molar-refractivity contribution < 1.29 is 14.3 Å². The van der Waals surface area contributed by atoms with Gasteiger partial charge in [0.25, 0.3) is 0 Å². The molecule has 0 atom stereocenters. The molecule has 0 aliphatic rings. The third kappa shape index (κ3) is 4.55. The number of carbonyl (C=O) groups is 1. The van der Waals surface area contributed by atoms with Gasteiger partial charge in [0.05, 0.1) is 0 Å². The minimum absolute atomic E-state index is 0.203. The van der Waals surface area contributed by atoms with Crippen LogP contribution in [0.15, 0.2) is 47.6 Å². The number of aliphatic imine (C=N–C) groups is 1. The lowest BCUT2D eigenvalue weighted by Crippen LogP contribution is -2.00. The number of esters is 1. The standard InChI is InChI=1S/C11H9NO3/c13-9-12-7-6-11(14)15-8-10-4-2-1-3-5-10/h1-7H,8H2/b7-6+. The average Bonchev–Trinajstić information content (AvgIpc) is 2.28. The summed E-state index contributed by atoms with van der Waals surface area (Å²) in [4.78, 5) is 23.7. The number of benzene rings is 1. The van der Waals surface area contributed by atoms with Gasteiger partial charge in [0.15, 0.2) is 0 Å². The van der Waals surface area contributed by atoms with Crippen LogP contribution in [0, 0.1) is 0 Å². The number of isocyanates is 1. The first-order valence-electron chi connectivity index (χ1n) is 4.27. The van der Waals surface area contributed by atoms with Gasteiger partial charge in [-0.25, -0.2) is 9.59 Å². The molecule has 0 spiro atoms. The van der Waals surface area contributed by atoms with Crippen LogP contribution >= 0.6 is 0 Å². The SMILES string of the molecule is O=C=N/C=C/C(=O)OCc1ccccc1. The Morgan fingerprint density at radius 3 is 2.80 bits per heavy atom. The van der Waals surface area contributed by atoms with Crippen molar-refractivity contribution in [3.8, 4) is 0 Å². The predicted molar refractivity (Wildman–Crippen MR) is 53.5 cm³/mol. The summed E-state index contributed by atoms with van der Waals surface area (Å²) in [6.07, 6.45) is 3.38. The maximum atomic E-state index is 11.0. The third-order valence-corrected chi connectivity index (χ3v) is 1.56. The lowest BCUT2D eigenvalue weighted by molar-refractivity contribution is -0.139. The van der Waals surface area contributed by atoms with Crippen molar-refractivity contribution in [2.24, 2.45) is 4.99 Å². The van der Waals surface area contributed by atoms with E-state index in [1.165, 1.54) is 6.08 Å². The van der Waals surface area contributed by atoms with Crippen molar-refractivity contribution in [2.75, 3.05) is 0 Å². The molecule has 0 N–H and O–H groups in total. The monoisotopic (exact) mass is 203 g/mol. The molecule has 4 heteroatoms. The molecule has 0 saturated heterocycles. The van der Waals surface area contributed by atoms with Crippen molar-refractivity contribution in [3.63, 3.8) is 0 Å². The number of ether oxygens (including phenoxy) is 1. The van der Waals surface area contributed by atoms with E-state index >= 15 is 0 Å². The lowest BCUT2D eigenvalue weighted by atomic mass is 10.2. The van der Waals surface area contributed by atoms with Crippen molar-refractivity contribution in [2.45, 2.75) is 6.61 Å². The summed E-state index contributed by atoms with van der Waals surface area (Å²) in [5.41, 5.74) is 0.901. The van der Waals surface area contributed by atoms with E-state index in [9.17, 15) is 9.59 Å². The fourth-order valence-corrected chi connectivity index (χ4v) is 0.905. The molecule has 0 amide bonds. The molecule has 1 rings (SSSR count). The highest BCUT2D eigenvalue weighted by Gasteiger charge is 1.96. The Morgan fingerprint density at radius 1 is 1.40 bits per heavy atom. The first-order chi connectivity index (χ1) is 7.33. The molecule has 0 aliphatic heterocycles. The van der Waals surface area contributed by atoms with Gasteiger partial charge in [0.1, 0.15) is 6.61 Å². The predicted octanol–water partition coefficient (Wildman–Crippen LogP) is 1.58. The smallest absolute Gasteiger partial charge is 0.332 e. The molecular formula is C11H9NO3. The fourth-order valence-electron chi connectivity index (χ4n) is 0.905. The zero-order valence-corrected chi connectivity index (χ0v) is 7.92. The van der Waals surface area contributed by atoms with Crippen molar-refractivity contribution in [1.29, 1.82) is 0 Å². The highest BCUT2D eigenvalue weighted by Crippen LogP contribution is 2.00. The molecule has 0 fully saturated rings. The number of hydrogen-bond acceptors (Lipinski definition) is 4. The van der Waals surface area contributed by atoms with E-state index in [0.29, 0.717) is 0 Å². The van der Waals surface area contributed by atoms with Crippen LogP contribution in [0.4, 0.5) is 0 Å². The molecule has 4 nitrogen and oxygen atoms in total. The minimum Gasteiger partial charge on any atom is -0.458 e. The summed E-state index contributed by atoms with van der Waals surface area (Å²) >= 11 is 0. The Balaban J connectivity index is 2.38. The molecule has 0 bridgehead atoms. The van der Waals surface area contributed by atoms with Crippen LogP contribution < -0.4 is 0 Å². The Kier molecular flexibility index (Phi) is 4.57. The molecule has 0 unspecified atom stereocenters. The minimum atomic E-state index is -0.544. The topological polar surface area (TPSA) is 55.7 Å². The summed E-state index contributed by atoms with van der Waals surface area (Å²) in [5, 5.41) is 0. The number of rotatable bonds is 4. The first kappa shape index (κ1) is 10.9. The van der Waals surface area contributed by atoms with E-state index in [-0.39, 0.29) is 6.61 Å². The van der Waals surface area contributed by atoms with E-state index in [1.807, 2.05) is 30.3 Å². The summed E-state index contributed by atoms with van der Waals surface area (Å²) < 4.78 is 4.86. The summed E-state index contributed by atoms with van der Waals surface area (Å²) in [6.45, 7) is 0.203. The average molecular weight is 203 g/mol. The molecular weight excluding hydrogens is 194 g/mol. The number of hydrogen-bond donors (Lipinski definition) is 0. The van der Waals surface area contributed by atoms with Gasteiger partial charge < -0.3 is 4.74 Å². The van der Waals surface area contributed by atoms with E-state index in [4.69, 9.17) is 4.74 Å². The Hall–Kier alpha value is -2.19. The van der Waals surface area contributed by atoms with Crippen molar-refractivity contribution >= 4 is 12.0 Å². The number of carbonyl (C=O) groups excluding carboxylic acids is 2. The van der Waals surface area contributed by atoms with Gasteiger partial charge in [-0.15, -0.1) is 0 Å². The second kappa shape index (κ2) is 6.29. The van der Waals surface area contributed by atoms with Crippen LogP contribution in [0.5, 0.6) is 0 Å². The van der Waals surface area contributed by atoms with Gasteiger partial charge in [-0.2, -0.15) is 4.99 Å². The summed E-state index contributed by atoms with van der Waals surface area (Å²) in [6, 6.07) is 9.29. The maximum Gasteiger partial charge on any atom is 0.332 e. The van der Waals surface area contributed by atoms with Crippen LogP contribution in [-0.2, 0) is 20.9 Å². The zero-order valence-electron chi connectivity index (χ0n) is 7.92. The van der Waals surface area contributed by atoms with E-state index < -0.39 is 5.97 Å². The largest absolute Gasteiger partial charge is 0.458 e. The van der Waals surface area contributed by atoms with Crippen molar-refractivity contribution in [3.05, 3.63) is 48.2 Å². The van der Waals surface area contributed by atoms with Crippen molar-refractivity contribution in [1.82, 2.24) is 0 Å². The molecule has 0 saturated carbocycles. The fraction of sp³-hybridized carbons (Fsp3) is 0.0909. The second-order valence-electron chi connectivity index (χ2n) is 2.63. The highest BCUT2D eigenvalue weighted by atomic mass is 16.5. The third-order valence-electron chi connectivity index (χ3n) is 1.56. The molecule has 0 aliphatic carbocycles. The van der Waals surface area contributed by atoms with Crippen LogP contribution in [0.3, 0.4) is 0 Å². The Bertz CT molecular complexity index is 392. The molecule has 0 heterocycles. The summed E-state index contributed by atoms with van der Waals surface area (Å²) in [7, 11) is 0. The molecule has 1 aromatic carbocycles. The Morgan fingerprint density at radius 2 is 2.13 bits per heavy atom. The van der Waals surface area contributed by atoms with E-state index in [2.05, 4.69) is 4.99 Å². The van der Waals surface area contributed by atoms with Gasteiger partial charge in [0.2, 0.25) is 6.08 Å². The number of nitrogens with zero attached hydrogens (tertiary/aromatic N) is 1. The zero-order chi connectivity index (χ0) is 10.9. The van der Waals surface area contributed by atoms with Crippen LogP contribution in [-0.4, -0.2) is 12.0 Å². The lowest BCUT2D eigenvalue weighted by Gasteiger charge is -2.00. The molecule has 76 valence electrons. The van der Waals surface area contributed by atoms with Crippen LogP contribution in [0.25, 0.3) is 0 Å². The summed E-state index contributed by atoms with van der Waals surface area (Å²) in [5.74, 6) is -0.544. The van der Waals surface area contributed by atoms with Gasteiger partial charge >= 0.3 is 5.97 Å². The van der Waals surface area contributed by atoms with Gasteiger partial charge in [-0.05, 0) is 5.56 Å². The van der Waals surface area contributed by atoms with Crippen LogP contribution in [0.1, 0.15) is 5.56 Å². The quantitative estimate of drug-likeness (QED) is 0.323. The first-order valence-corrected chi connectivity index (χ1v) is 4.27. The molecule has 0 radical (unpaired) electrons. The Labute approximate surface area is 86.9 Å². The highest BCUT2D eigenvalue weighted by molar-refractivity contribution is 5.81.